The summed E-state index contributed by atoms with van der Waals surface area (Å²) in [6, 6.07) is 0.752. The summed E-state index contributed by atoms with van der Waals surface area (Å²) in [6.45, 7) is 14.5. The Labute approximate surface area is 94.6 Å². The van der Waals surface area contributed by atoms with Gasteiger partial charge in [0.2, 0.25) is 0 Å². The van der Waals surface area contributed by atoms with Gasteiger partial charge in [-0.1, -0.05) is 13.8 Å². The number of likely N-dealkylation sites (N-methyl/N-ethyl adjacent to an activating group) is 1. The smallest absolute Gasteiger partial charge is 0.0235 e. The molecule has 0 bridgehead atoms. The normalized spacial score (nSPS) is 24.0. The van der Waals surface area contributed by atoms with Gasteiger partial charge in [-0.2, -0.15) is 0 Å². The van der Waals surface area contributed by atoms with Crippen LogP contribution in [0.3, 0.4) is 0 Å². The quantitative estimate of drug-likeness (QED) is 0.743. The minimum atomic E-state index is -0.0574. The van der Waals surface area contributed by atoms with Gasteiger partial charge < -0.3 is 5.73 Å². The van der Waals surface area contributed by atoms with Crippen LogP contribution in [0.5, 0.6) is 0 Å². The van der Waals surface area contributed by atoms with Gasteiger partial charge in [-0.05, 0) is 39.9 Å². The molecule has 0 amide bonds. The van der Waals surface area contributed by atoms with Crippen LogP contribution in [0.4, 0.5) is 0 Å². The van der Waals surface area contributed by atoms with E-state index in [1.807, 2.05) is 0 Å². The van der Waals surface area contributed by atoms with E-state index in [1.54, 1.807) is 0 Å². The molecular weight excluding hydrogens is 186 g/mol. The fourth-order valence-electron chi connectivity index (χ4n) is 2.57. The molecule has 3 heteroatoms. The molecule has 90 valence electrons. The average Bonchev–Trinajstić information content (AvgIpc) is 2.52. The first-order valence-electron chi connectivity index (χ1n) is 6.21. The van der Waals surface area contributed by atoms with Gasteiger partial charge in [0.05, 0.1) is 0 Å². The summed E-state index contributed by atoms with van der Waals surface area (Å²) < 4.78 is 0. The highest BCUT2D eigenvalue weighted by Crippen LogP contribution is 2.16. The number of hydrogen-bond acceptors (Lipinski definition) is 3. The Morgan fingerprint density at radius 3 is 2.40 bits per heavy atom. The zero-order chi connectivity index (χ0) is 11.5. The van der Waals surface area contributed by atoms with Crippen LogP contribution in [0.2, 0.25) is 0 Å². The summed E-state index contributed by atoms with van der Waals surface area (Å²) >= 11 is 0. The first kappa shape index (κ1) is 12.9. The molecule has 15 heavy (non-hydrogen) atoms. The molecule has 1 aliphatic heterocycles. The van der Waals surface area contributed by atoms with E-state index in [9.17, 15) is 0 Å². The second kappa shape index (κ2) is 5.28. The third kappa shape index (κ3) is 4.09. The molecule has 2 N–H and O–H groups in total. The molecule has 1 saturated heterocycles. The van der Waals surface area contributed by atoms with Crippen LogP contribution >= 0.6 is 0 Å². The van der Waals surface area contributed by atoms with Crippen molar-refractivity contribution in [1.82, 2.24) is 9.80 Å². The third-order valence-corrected chi connectivity index (χ3v) is 3.21. The summed E-state index contributed by atoms with van der Waals surface area (Å²) in [7, 11) is 0. The molecule has 1 heterocycles. The maximum absolute atomic E-state index is 6.05. The monoisotopic (exact) mass is 213 g/mol. The van der Waals surface area contributed by atoms with Crippen LogP contribution in [-0.2, 0) is 0 Å². The van der Waals surface area contributed by atoms with Crippen LogP contribution in [-0.4, -0.2) is 54.1 Å². The van der Waals surface area contributed by atoms with E-state index in [4.69, 9.17) is 5.73 Å². The predicted octanol–water partition coefficient (Wildman–Crippen LogP) is 1.14. The Hall–Kier alpha value is -0.120. The highest BCUT2D eigenvalue weighted by Gasteiger charge is 2.28. The molecule has 1 unspecified atom stereocenters. The van der Waals surface area contributed by atoms with Crippen LogP contribution in [0, 0.1) is 0 Å². The lowest BCUT2D eigenvalue weighted by molar-refractivity contribution is 0.200. The number of nitrogens with zero attached hydrogens (tertiary/aromatic N) is 2. The van der Waals surface area contributed by atoms with Gasteiger partial charge in [0.1, 0.15) is 0 Å². The van der Waals surface area contributed by atoms with E-state index in [1.165, 1.54) is 32.6 Å². The SMILES string of the molecule is CCN(CC)C1CCN(CC(C)(C)N)C1. The number of rotatable bonds is 5. The van der Waals surface area contributed by atoms with E-state index >= 15 is 0 Å². The molecule has 1 aliphatic rings. The maximum Gasteiger partial charge on any atom is 0.0235 e. The van der Waals surface area contributed by atoms with Crippen LogP contribution < -0.4 is 5.73 Å². The zero-order valence-corrected chi connectivity index (χ0v) is 10.8. The molecule has 0 radical (unpaired) electrons. The number of hydrogen-bond donors (Lipinski definition) is 1. The molecule has 3 nitrogen and oxygen atoms in total. The molecule has 1 atom stereocenters. The first-order chi connectivity index (χ1) is 6.96. The Morgan fingerprint density at radius 2 is 1.93 bits per heavy atom. The second-order valence-electron chi connectivity index (χ2n) is 5.39. The lowest BCUT2D eigenvalue weighted by Gasteiger charge is -2.29. The molecule has 0 aliphatic carbocycles. The van der Waals surface area contributed by atoms with Crippen molar-refractivity contribution < 1.29 is 0 Å². The molecular formula is C12H27N3. The van der Waals surface area contributed by atoms with E-state index < -0.39 is 0 Å². The zero-order valence-electron chi connectivity index (χ0n) is 10.8. The fourth-order valence-corrected chi connectivity index (χ4v) is 2.57. The van der Waals surface area contributed by atoms with Crippen molar-refractivity contribution in [3.05, 3.63) is 0 Å². The largest absolute Gasteiger partial charge is 0.324 e. The van der Waals surface area contributed by atoms with Gasteiger partial charge >= 0.3 is 0 Å². The molecule has 0 aromatic rings. The van der Waals surface area contributed by atoms with Crippen molar-refractivity contribution in [3.8, 4) is 0 Å². The van der Waals surface area contributed by atoms with Gasteiger partial charge in [0.25, 0.3) is 0 Å². The third-order valence-electron chi connectivity index (χ3n) is 3.21. The van der Waals surface area contributed by atoms with Gasteiger partial charge in [-0.3, -0.25) is 9.80 Å². The van der Waals surface area contributed by atoms with Crippen molar-refractivity contribution in [3.63, 3.8) is 0 Å². The lowest BCUT2D eigenvalue weighted by atomic mass is 10.1. The van der Waals surface area contributed by atoms with Crippen LogP contribution in [0.15, 0.2) is 0 Å². The van der Waals surface area contributed by atoms with E-state index in [-0.39, 0.29) is 5.54 Å². The summed E-state index contributed by atoms with van der Waals surface area (Å²) in [6.07, 6.45) is 1.30. The number of likely N-dealkylation sites (tertiary alicyclic amines) is 1. The fraction of sp³-hybridized carbons (Fsp3) is 1.00. The Morgan fingerprint density at radius 1 is 1.33 bits per heavy atom. The molecule has 1 rings (SSSR count). The molecule has 0 aromatic carbocycles. The van der Waals surface area contributed by atoms with Crippen molar-refractivity contribution in [2.75, 3.05) is 32.7 Å². The molecule has 0 spiro atoms. The van der Waals surface area contributed by atoms with Crippen LogP contribution in [0.1, 0.15) is 34.1 Å². The van der Waals surface area contributed by atoms with Gasteiger partial charge in [0, 0.05) is 24.7 Å². The Bertz CT molecular complexity index is 182. The summed E-state index contributed by atoms with van der Waals surface area (Å²) in [4.78, 5) is 5.06. The van der Waals surface area contributed by atoms with Crippen molar-refractivity contribution in [1.29, 1.82) is 0 Å². The Kier molecular flexibility index (Phi) is 4.56. The van der Waals surface area contributed by atoms with Crippen molar-refractivity contribution in [2.45, 2.75) is 45.7 Å². The molecule has 1 fully saturated rings. The van der Waals surface area contributed by atoms with Crippen molar-refractivity contribution in [2.24, 2.45) is 5.73 Å². The molecule has 0 saturated carbocycles. The maximum atomic E-state index is 6.05. The average molecular weight is 213 g/mol. The first-order valence-corrected chi connectivity index (χ1v) is 6.21. The standard InChI is InChI=1S/C12H27N3/c1-5-15(6-2)11-7-8-14(9-11)10-12(3,4)13/h11H,5-10,13H2,1-4H3. The summed E-state index contributed by atoms with van der Waals surface area (Å²) in [5, 5.41) is 0. The number of nitrogens with two attached hydrogens (primary N) is 1. The van der Waals surface area contributed by atoms with E-state index in [2.05, 4.69) is 37.5 Å². The second-order valence-corrected chi connectivity index (χ2v) is 5.39. The van der Waals surface area contributed by atoms with Crippen LogP contribution in [0.25, 0.3) is 0 Å². The topological polar surface area (TPSA) is 32.5 Å². The minimum Gasteiger partial charge on any atom is -0.324 e. The Balaban J connectivity index is 2.38. The van der Waals surface area contributed by atoms with Gasteiger partial charge in [-0.25, -0.2) is 0 Å². The summed E-state index contributed by atoms with van der Waals surface area (Å²) in [5.41, 5.74) is 5.99. The van der Waals surface area contributed by atoms with Crippen molar-refractivity contribution >= 4 is 0 Å². The van der Waals surface area contributed by atoms with E-state index in [0.717, 1.165) is 12.6 Å². The lowest BCUT2D eigenvalue weighted by Crippen LogP contribution is -2.45. The van der Waals surface area contributed by atoms with Gasteiger partial charge in [0.15, 0.2) is 0 Å². The van der Waals surface area contributed by atoms with Gasteiger partial charge in [-0.15, -0.1) is 0 Å². The highest BCUT2D eigenvalue weighted by molar-refractivity contribution is 4.87. The minimum absolute atomic E-state index is 0.0574. The highest BCUT2D eigenvalue weighted by atomic mass is 15.3. The predicted molar refractivity (Wildman–Crippen MR) is 66.0 cm³/mol. The molecule has 0 aromatic heterocycles. The van der Waals surface area contributed by atoms with E-state index in [0.29, 0.717) is 0 Å². The summed E-state index contributed by atoms with van der Waals surface area (Å²) in [5.74, 6) is 0.